The number of hydrogen-bond donors (Lipinski definition) is 0. The van der Waals surface area contributed by atoms with E-state index in [0.29, 0.717) is 6.42 Å². The van der Waals surface area contributed by atoms with Gasteiger partial charge in [0.25, 0.3) is 0 Å². The summed E-state index contributed by atoms with van der Waals surface area (Å²) in [5, 5.41) is 0. The van der Waals surface area contributed by atoms with E-state index >= 15 is 0 Å². The van der Waals surface area contributed by atoms with Crippen molar-refractivity contribution >= 4 is 6.29 Å². The largest absolute Gasteiger partial charge is 0.497 e. The highest BCUT2D eigenvalue weighted by molar-refractivity contribution is 5.50. The summed E-state index contributed by atoms with van der Waals surface area (Å²) in [5.74, 6) is 0.856. The Morgan fingerprint density at radius 3 is 2.76 bits per heavy atom. The first-order chi connectivity index (χ1) is 8.33. The fourth-order valence-electron chi connectivity index (χ4n) is 2.24. The third-order valence-corrected chi connectivity index (χ3v) is 3.20. The molecular formula is C14H18O3. The summed E-state index contributed by atoms with van der Waals surface area (Å²) in [6, 6.07) is 7.96. The Morgan fingerprint density at radius 1 is 1.35 bits per heavy atom. The number of aldehydes is 1. The van der Waals surface area contributed by atoms with Gasteiger partial charge in [-0.15, -0.1) is 0 Å². The molecule has 17 heavy (non-hydrogen) atoms. The Kier molecular flexibility index (Phi) is 4.15. The van der Waals surface area contributed by atoms with Crippen molar-refractivity contribution in [2.75, 3.05) is 7.11 Å². The molecule has 0 aliphatic carbocycles. The maximum absolute atomic E-state index is 10.5. The van der Waals surface area contributed by atoms with E-state index < -0.39 is 0 Å². The van der Waals surface area contributed by atoms with Crippen LogP contribution in [0.3, 0.4) is 0 Å². The lowest BCUT2D eigenvalue weighted by atomic mass is 9.97. The van der Waals surface area contributed by atoms with Crippen molar-refractivity contribution in [1.82, 2.24) is 0 Å². The van der Waals surface area contributed by atoms with Crippen LogP contribution in [0, 0.1) is 0 Å². The van der Waals surface area contributed by atoms with Gasteiger partial charge in [-0.3, -0.25) is 0 Å². The van der Waals surface area contributed by atoms with Gasteiger partial charge in [-0.1, -0.05) is 12.1 Å². The van der Waals surface area contributed by atoms with Crippen LogP contribution in [0.5, 0.6) is 5.75 Å². The monoisotopic (exact) mass is 234 g/mol. The number of hydrogen-bond acceptors (Lipinski definition) is 3. The number of methoxy groups -OCH3 is 1. The molecule has 0 radical (unpaired) electrons. The van der Waals surface area contributed by atoms with Crippen LogP contribution in [0.2, 0.25) is 0 Å². The summed E-state index contributed by atoms with van der Waals surface area (Å²) in [6.07, 6.45) is 4.81. The van der Waals surface area contributed by atoms with Crippen molar-refractivity contribution in [1.29, 1.82) is 0 Å². The van der Waals surface area contributed by atoms with Gasteiger partial charge in [0, 0.05) is 6.42 Å². The van der Waals surface area contributed by atoms with Gasteiger partial charge in [0.15, 0.2) is 0 Å². The fourth-order valence-corrected chi connectivity index (χ4v) is 2.24. The quantitative estimate of drug-likeness (QED) is 0.751. The van der Waals surface area contributed by atoms with E-state index in [9.17, 15) is 4.79 Å². The first-order valence-corrected chi connectivity index (χ1v) is 6.06. The molecule has 0 saturated carbocycles. The summed E-state index contributed by atoms with van der Waals surface area (Å²) in [5.41, 5.74) is 1.17. The van der Waals surface area contributed by atoms with Crippen molar-refractivity contribution in [2.45, 2.75) is 37.9 Å². The third kappa shape index (κ3) is 3.07. The van der Waals surface area contributed by atoms with Gasteiger partial charge >= 0.3 is 0 Å². The zero-order chi connectivity index (χ0) is 12.1. The minimum Gasteiger partial charge on any atom is -0.497 e. The molecule has 1 aliphatic heterocycles. The predicted octanol–water partition coefficient (Wildman–Crippen LogP) is 2.89. The summed E-state index contributed by atoms with van der Waals surface area (Å²) in [6.45, 7) is 0. The summed E-state index contributed by atoms with van der Waals surface area (Å²) in [7, 11) is 1.66. The normalized spacial score (nSPS) is 24.3. The molecule has 1 aromatic rings. The molecule has 3 nitrogen and oxygen atoms in total. The molecule has 0 amide bonds. The second-order valence-electron chi connectivity index (χ2n) is 4.35. The van der Waals surface area contributed by atoms with Gasteiger partial charge in [0.1, 0.15) is 12.0 Å². The van der Waals surface area contributed by atoms with Gasteiger partial charge in [-0.25, -0.2) is 0 Å². The molecule has 2 rings (SSSR count). The second kappa shape index (κ2) is 5.82. The first kappa shape index (κ1) is 12.1. The Balaban J connectivity index is 2.02. The van der Waals surface area contributed by atoms with E-state index in [-0.39, 0.29) is 12.2 Å². The minimum atomic E-state index is 0.0911. The standard InChI is InChI=1S/C14H18O3/c1-16-12-7-5-11(6-8-12)14-4-2-3-13(17-14)9-10-15/h5-8,10,13-14H,2-4,9H2,1H3/t13-,14+/m1/s1. The zero-order valence-electron chi connectivity index (χ0n) is 10.1. The second-order valence-corrected chi connectivity index (χ2v) is 4.35. The summed E-state index contributed by atoms with van der Waals surface area (Å²) >= 11 is 0. The maximum atomic E-state index is 10.5. The number of ether oxygens (including phenoxy) is 2. The van der Waals surface area contributed by atoms with Crippen LogP contribution in [0.4, 0.5) is 0 Å². The molecule has 1 aromatic carbocycles. The molecular weight excluding hydrogens is 216 g/mol. The summed E-state index contributed by atoms with van der Waals surface area (Å²) in [4.78, 5) is 10.5. The van der Waals surface area contributed by atoms with E-state index in [0.717, 1.165) is 31.3 Å². The Morgan fingerprint density at radius 2 is 2.12 bits per heavy atom. The number of benzene rings is 1. The third-order valence-electron chi connectivity index (χ3n) is 3.20. The first-order valence-electron chi connectivity index (χ1n) is 6.06. The van der Waals surface area contributed by atoms with Crippen molar-refractivity contribution in [2.24, 2.45) is 0 Å². The number of rotatable bonds is 4. The highest BCUT2D eigenvalue weighted by Gasteiger charge is 2.23. The van der Waals surface area contributed by atoms with E-state index in [1.54, 1.807) is 7.11 Å². The number of carbonyl (C=O) groups excluding carboxylic acids is 1. The summed E-state index contributed by atoms with van der Waals surface area (Å²) < 4.78 is 11.0. The van der Waals surface area contributed by atoms with Gasteiger partial charge in [-0.05, 0) is 37.0 Å². The fraction of sp³-hybridized carbons (Fsp3) is 0.500. The number of carbonyl (C=O) groups is 1. The molecule has 1 fully saturated rings. The van der Waals surface area contributed by atoms with Crippen molar-refractivity contribution in [3.8, 4) is 5.75 Å². The molecule has 1 aliphatic rings. The van der Waals surface area contributed by atoms with E-state index in [1.807, 2.05) is 24.3 Å². The van der Waals surface area contributed by atoms with E-state index in [4.69, 9.17) is 9.47 Å². The average molecular weight is 234 g/mol. The molecule has 2 atom stereocenters. The molecule has 0 N–H and O–H groups in total. The molecule has 3 heteroatoms. The highest BCUT2D eigenvalue weighted by Crippen LogP contribution is 2.32. The minimum absolute atomic E-state index is 0.0911. The Labute approximate surface area is 102 Å². The molecule has 1 heterocycles. The SMILES string of the molecule is COc1ccc([C@@H]2CCC[C@H](CC=O)O2)cc1. The van der Waals surface area contributed by atoms with Crippen LogP contribution >= 0.6 is 0 Å². The van der Waals surface area contributed by atoms with E-state index in [2.05, 4.69) is 0 Å². The Bertz CT molecular complexity index is 358. The zero-order valence-corrected chi connectivity index (χ0v) is 10.1. The van der Waals surface area contributed by atoms with E-state index in [1.165, 1.54) is 5.56 Å². The van der Waals surface area contributed by atoms with Gasteiger partial charge < -0.3 is 14.3 Å². The van der Waals surface area contributed by atoms with Crippen LogP contribution in [0.25, 0.3) is 0 Å². The molecule has 92 valence electrons. The lowest BCUT2D eigenvalue weighted by molar-refractivity contribution is -0.114. The van der Waals surface area contributed by atoms with Gasteiger partial charge in [-0.2, -0.15) is 0 Å². The maximum Gasteiger partial charge on any atom is 0.122 e. The Hall–Kier alpha value is -1.35. The van der Waals surface area contributed by atoms with Crippen LogP contribution in [-0.2, 0) is 9.53 Å². The molecule has 1 saturated heterocycles. The van der Waals surface area contributed by atoms with Crippen molar-refractivity contribution < 1.29 is 14.3 Å². The van der Waals surface area contributed by atoms with Crippen molar-refractivity contribution in [3.63, 3.8) is 0 Å². The molecule has 0 unspecified atom stereocenters. The topological polar surface area (TPSA) is 35.5 Å². The molecule has 0 aromatic heterocycles. The van der Waals surface area contributed by atoms with Crippen LogP contribution < -0.4 is 4.74 Å². The van der Waals surface area contributed by atoms with Crippen LogP contribution in [-0.4, -0.2) is 19.5 Å². The smallest absolute Gasteiger partial charge is 0.122 e. The van der Waals surface area contributed by atoms with Gasteiger partial charge in [0.05, 0.1) is 19.3 Å². The average Bonchev–Trinajstić information content (AvgIpc) is 2.40. The lowest BCUT2D eigenvalue weighted by Crippen LogP contribution is -2.22. The highest BCUT2D eigenvalue weighted by atomic mass is 16.5. The van der Waals surface area contributed by atoms with Crippen LogP contribution in [0.1, 0.15) is 37.4 Å². The lowest BCUT2D eigenvalue weighted by Gasteiger charge is -2.29. The van der Waals surface area contributed by atoms with Crippen LogP contribution in [0.15, 0.2) is 24.3 Å². The molecule has 0 bridgehead atoms. The van der Waals surface area contributed by atoms with Crippen molar-refractivity contribution in [3.05, 3.63) is 29.8 Å². The van der Waals surface area contributed by atoms with Gasteiger partial charge in [0.2, 0.25) is 0 Å². The molecule has 0 spiro atoms. The predicted molar refractivity (Wildman–Crippen MR) is 65.1 cm³/mol.